The van der Waals surface area contributed by atoms with Gasteiger partial charge >= 0.3 is 6.03 Å². The number of anilines is 2. The smallest absolute Gasteiger partial charge is 0.319 e. The Labute approximate surface area is 155 Å². The van der Waals surface area contributed by atoms with E-state index in [2.05, 4.69) is 16.0 Å². The van der Waals surface area contributed by atoms with Crippen LogP contribution >= 0.6 is 11.3 Å². The molecule has 1 aromatic heterocycles. The van der Waals surface area contributed by atoms with Gasteiger partial charge in [0.15, 0.2) is 0 Å². The highest BCUT2D eigenvalue weighted by Crippen LogP contribution is 2.31. The van der Waals surface area contributed by atoms with Crippen LogP contribution in [0.15, 0.2) is 48.5 Å². The van der Waals surface area contributed by atoms with Crippen molar-refractivity contribution in [3.8, 4) is 0 Å². The van der Waals surface area contributed by atoms with E-state index in [4.69, 9.17) is 0 Å². The van der Waals surface area contributed by atoms with Crippen LogP contribution in [0.1, 0.15) is 28.1 Å². The van der Waals surface area contributed by atoms with E-state index in [1.807, 2.05) is 31.2 Å². The minimum atomic E-state index is -0.190. The maximum absolute atomic E-state index is 12.6. The fraction of sp³-hybridized carbons (Fsp3) is 0.200. The lowest BCUT2D eigenvalue weighted by Gasteiger charge is -2.08. The monoisotopic (exact) mass is 365 g/mol. The summed E-state index contributed by atoms with van der Waals surface area (Å²) in [5.74, 6) is -0.115. The summed E-state index contributed by atoms with van der Waals surface area (Å²) in [5.41, 5.74) is 2.39. The molecule has 0 saturated heterocycles. The number of hydrogen-bond donors (Lipinski definition) is 3. The second kappa shape index (κ2) is 6.80. The van der Waals surface area contributed by atoms with Crippen LogP contribution in [0.25, 0.3) is 10.1 Å². The second-order valence-corrected chi connectivity index (χ2v) is 7.51. The van der Waals surface area contributed by atoms with Crippen LogP contribution in [-0.2, 0) is 0 Å². The van der Waals surface area contributed by atoms with Crippen molar-refractivity contribution >= 4 is 44.7 Å². The van der Waals surface area contributed by atoms with E-state index in [0.29, 0.717) is 17.4 Å². The molecule has 6 heteroatoms. The molecule has 0 bridgehead atoms. The number of carbonyl (C=O) groups excluding carboxylic acids is 2. The van der Waals surface area contributed by atoms with Gasteiger partial charge in [0.05, 0.1) is 4.88 Å². The molecule has 1 aliphatic rings. The molecule has 5 nitrogen and oxygen atoms in total. The van der Waals surface area contributed by atoms with Crippen LogP contribution in [0.3, 0.4) is 0 Å². The molecule has 4 rings (SSSR count). The molecular weight excluding hydrogens is 346 g/mol. The van der Waals surface area contributed by atoms with Crippen LogP contribution in [0, 0.1) is 6.92 Å². The Morgan fingerprint density at radius 2 is 1.62 bits per heavy atom. The zero-order valence-electron chi connectivity index (χ0n) is 14.3. The fourth-order valence-corrected chi connectivity index (χ4v) is 3.90. The highest BCUT2D eigenvalue weighted by molar-refractivity contribution is 7.21. The van der Waals surface area contributed by atoms with E-state index in [9.17, 15) is 9.59 Å². The zero-order valence-corrected chi connectivity index (χ0v) is 15.2. The molecule has 0 atom stereocenters. The summed E-state index contributed by atoms with van der Waals surface area (Å²) in [6.07, 6.45) is 2.10. The summed E-state index contributed by atoms with van der Waals surface area (Å²) >= 11 is 1.50. The number of fused-ring (bicyclic) bond motifs is 1. The van der Waals surface area contributed by atoms with Crippen molar-refractivity contribution in [2.75, 3.05) is 10.6 Å². The third-order valence-corrected chi connectivity index (χ3v) is 5.63. The molecule has 3 amide bonds. The molecule has 0 aliphatic heterocycles. The van der Waals surface area contributed by atoms with Crippen LogP contribution < -0.4 is 16.0 Å². The predicted octanol–water partition coefficient (Wildman–Crippen LogP) is 4.75. The standard InChI is InChI=1S/C20H19N3O2S/c1-12-16-4-2-3-5-17(16)26-18(12)19(24)21-13-6-8-14(9-7-13)22-20(25)23-15-10-11-15/h2-9,15H,10-11H2,1H3,(H,21,24)(H2,22,23,25). The summed E-state index contributed by atoms with van der Waals surface area (Å²) in [7, 11) is 0. The van der Waals surface area contributed by atoms with E-state index >= 15 is 0 Å². The summed E-state index contributed by atoms with van der Waals surface area (Å²) in [5, 5.41) is 9.70. The largest absolute Gasteiger partial charge is 0.335 e. The quantitative estimate of drug-likeness (QED) is 0.625. The SMILES string of the molecule is Cc1c(C(=O)Nc2ccc(NC(=O)NC3CC3)cc2)sc2ccccc12. The lowest BCUT2D eigenvalue weighted by Crippen LogP contribution is -2.30. The Kier molecular flexibility index (Phi) is 4.34. The number of carbonyl (C=O) groups is 2. The number of benzene rings is 2. The first-order valence-electron chi connectivity index (χ1n) is 8.57. The summed E-state index contributed by atoms with van der Waals surface area (Å²) in [4.78, 5) is 25.1. The fourth-order valence-electron chi connectivity index (χ4n) is 2.80. The van der Waals surface area contributed by atoms with E-state index in [0.717, 1.165) is 33.4 Å². The van der Waals surface area contributed by atoms with Gasteiger partial charge in [0.2, 0.25) is 0 Å². The predicted molar refractivity (Wildman–Crippen MR) is 106 cm³/mol. The number of amides is 3. The van der Waals surface area contributed by atoms with Gasteiger partial charge in [-0.15, -0.1) is 11.3 Å². The van der Waals surface area contributed by atoms with Crippen LogP contribution in [0.5, 0.6) is 0 Å². The van der Waals surface area contributed by atoms with Crippen molar-refractivity contribution in [3.05, 3.63) is 59.0 Å². The van der Waals surface area contributed by atoms with E-state index in [-0.39, 0.29) is 11.9 Å². The molecule has 3 N–H and O–H groups in total. The van der Waals surface area contributed by atoms with Crippen LogP contribution in [0.4, 0.5) is 16.2 Å². The molecule has 0 unspecified atom stereocenters. The molecule has 1 aliphatic carbocycles. The van der Waals surface area contributed by atoms with Gasteiger partial charge < -0.3 is 16.0 Å². The van der Waals surface area contributed by atoms with Crippen molar-refractivity contribution in [3.63, 3.8) is 0 Å². The average molecular weight is 365 g/mol. The van der Waals surface area contributed by atoms with Gasteiger partial charge in [0.25, 0.3) is 5.91 Å². The minimum Gasteiger partial charge on any atom is -0.335 e. The Hall–Kier alpha value is -2.86. The van der Waals surface area contributed by atoms with Crippen LogP contribution in [0.2, 0.25) is 0 Å². The molecule has 0 radical (unpaired) electrons. The van der Waals surface area contributed by atoms with Crippen molar-refractivity contribution in [2.45, 2.75) is 25.8 Å². The molecule has 1 saturated carbocycles. The molecule has 132 valence electrons. The van der Waals surface area contributed by atoms with Gasteiger partial charge in [-0.05, 0) is 61.0 Å². The average Bonchev–Trinajstić information content (AvgIpc) is 3.38. The first-order chi connectivity index (χ1) is 12.6. The highest BCUT2D eigenvalue weighted by atomic mass is 32.1. The van der Waals surface area contributed by atoms with Crippen molar-refractivity contribution in [1.29, 1.82) is 0 Å². The first kappa shape index (κ1) is 16.6. The Morgan fingerprint density at radius 1 is 0.962 bits per heavy atom. The van der Waals surface area contributed by atoms with Gasteiger partial charge in [0, 0.05) is 22.1 Å². The lowest BCUT2D eigenvalue weighted by atomic mass is 10.1. The third-order valence-electron chi connectivity index (χ3n) is 4.36. The summed E-state index contributed by atoms with van der Waals surface area (Å²) < 4.78 is 1.11. The minimum absolute atomic E-state index is 0.115. The maximum atomic E-state index is 12.6. The summed E-state index contributed by atoms with van der Waals surface area (Å²) in [6.45, 7) is 1.97. The van der Waals surface area contributed by atoms with Gasteiger partial charge in [-0.25, -0.2) is 4.79 Å². The number of urea groups is 1. The van der Waals surface area contributed by atoms with Crippen LogP contribution in [-0.4, -0.2) is 18.0 Å². The highest BCUT2D eigenvalue weighted by Gasteiger charge is 2.23. The number of nitrogens with one attached hydrogen (secondary N) is 3. The molecule has 0 spiro atoms. The van der Waals surface area contributed by atoms with Gasteiger partial charge in [0.1, 0.15) is 0 Å². The molecular formula is C20H19N3O2S. The van der Waals surface area contributed by atoms with E-state index < -0.39 is 0 Å². The van der Waals surface area contributed by atoms with Crippen molar-refractivity contribution in [2.24, 2.45) is 0 Å². The first-order valence-corrected chi connectivity index (χ1v) is 9.39. The zero-order chi connectivity index (χ0) is 18.1. The van der Waals surface area contributed by atoms with Crippen molar-refractivity contribution in [1.82, 2.24) is 5.32 Å². The normalized spacial score (nSPS) is 13.4. The molecule has 1 heterocycles. The Bertz CT molecular complexity index is 974. The summed E-state index contributed by atoms with van der Waals surface area (Å²) in [6, 6.07) is 15.3. The second-order valence-electron chi connectivity index (χ2n) is 6.46. The molecule has 2 aromatic carbocycles. The maximum Gasteiger partial charge on any atom is 0.319 e. The van der Waals surface area contributed by atoms with Gasteiger partial charge in [-0.3, -0.25) is 4.79 Å². The van der Waals surface area contributed by atoms with Crippen molar-refractivity contribution < 1.29 is 9.59 Å². The Balaban J connectivity index is 1.43. The number of hydrogen-bond acceptors (Lipinski definition) is 3. The van der Waals surface area contributed by atoms with Gasteiger partial charge in [-0.2, -0.15) is 0 Å². The number of aryl methyl sites for hydroxylation is 1. The third kappa shape index (κ3) is 3.55. The molecule has 3 aromatic rings. The molecule has 26 heavy (non-hydrogen) atoms. The van der Waals surface area contributed by atoms with Gasteiger partial charge in [-0.1, -0.05) is 18.2 Å². The lowest BCUT2D eigenvalue weighted by molar-refractivity contribution is 0.103. The Morgan fingerprint density at radius 3 is 2.27 bits per heavy atom. The van der Waals surface area contributed by atoms with E-state index in [1.165, 1.54) is 11.3 Å². The molecule has 1 fully saturated rings. The number of rotatable bonds is 4. The van der Waals surface area contributed by atoms with E-state index in [1.54, 1.807) is 24.3 Å². The number of thiophene rings is 1. The topological polar surface area (TPSA) is 70.2 Å².